The first kappa shape index (κ1) is 13.8. The molecule has 3 N–H and O–H groups in total. The second kappa shape index (κ2) is 5.56. The first-order valence-corrected chi connectivity index (χ1v) is 7.06. The predicted octanol–water partition coefficient (Wildman–Crippen LogP) is 1.51. The zero-order valence-corrected chi connectivity index (χ0v) is 11.5. The van der Waals surface area contributed by atoms with Crippen molar-refractivity contribution >= 4 is 23.3 Å². The third-order valence-corrected chi connectivity index (χ3v) is 4.39. The third kappa shape index (κ3) is 3.23. The fourth-order valence-corrected chi connectivity index (χ4v) is 2.73. The highest BCUT2D eigenvalue weighted by Crippen LogP contribution is 2.40. The Kier molecular flexibility index (Phi) is 4.04. The van der Waals surface area contributed by atoms with Crippen LogP contribution in [-0.2, 0) is 11.3 Å². The van der Waals surface area contributed by atoms with Gasteiger partial charge in [0, 0.05) is 17.6 Å². The van der Waals surface area contributed by atoms with Gasteiger partial charge in [-0.05, 0) is 19.8 Å². The number of urea groups is 1. The van der Waals surface area contributed by atoms with Gasteiger partial charge >= 0.3 is 12.0 Å². The van der Waals surface area contributed by atoms with Gasteiger partial charge in [-0.1, -0.05) is 6.42 Å². The molecule has 0 spiro atoms. The van der Waals surface area contributed by atoms with E-state index < -0.39 is 11.4 Å². The molecule has 104 valence electrons. The first-order valence-electron chi connectivity index (χ1n) is 6.18. The standard InChI is InChI=1S/C12H17N3O3S/c1-8-6-19-9(15-8)5-13-11(18)14-7-12(10(16)17)3-2-4-12/h6H,2-5,7H2,1H3,(H,16,17)(H2,13,14,18). The smallest absolute Gasteiger partial charge is 0.315 e. The Morgan fingerprint density at radius 1 is 1.47 bits per heavy atom. The van der Waals surface area contributed by atoms with Crippen molar-refractivity contribution in [3.05, 3.63) is 16.1 Å². The quantitative estimate of drug-likeness (QED) is 0.763. The molecule has 1 aromatic rings. The number of carboxylic acid groups (broad SMARTS) is 1. The Bertz CT molecular complexity index is 482. The van der Waals surface area contributed by atoms with E-state index in [1.807, 2.05) is 12.3 Å². The second-order valence-electron chi connectivity index (χ2n) is 4.86. The van der Waals surface area contributed by atoms with Gasteiger partial charge in [0.15, 0.2) is 0 Å². The molecule has 2 rings (SSSR count). The maximum Gasteiger partial charge on any atom is 0.315 e. The van der Waals surface area contributed by atoms with Crippen molar-refractivity contribution in [1.82, 2.24) is 15.6 Å². The van der Waals surface area contributed by atoms with Crippen LogP contribution in [0.15, 0.2) is 5.38 Å². The summed E-state index contributed by atoms with van der Waals surface area (Å²) in [5.74, 6) is -0.824. The molecule has 0 aromatic carbocycles. The molecule has 6 nitrogen and oxygen atoms in total. The molecule has 1 heterocycles. The topological polar surface area (TPSA) is 91.3 Å². The largest absolute Gasteiger partial charge is 0.481 e. The van der Waals surface area contributed by atoms with E-state index in [0.717, 1.165) is 17.1 Å². The van der Waals surface area contributed by atoms with E-state index in [1.165, 1.54) is 11.3 Å². The third-order valence-electron chi connectivity index (χ3n) is 3.42. The van der Waals surface area contributed by atoms with Crippen molar-refractivity contribution in [3.8, 4) is 0 Å². The number of hydrogen-bond acceptors (Lipinski definition) is 4. The molecule has 7 heteroatoms. The van der Waals surface area contributed by atoms with Crippen molar-refractivity contribution in [2.45, 2.75) is 32.7 Å². The molecule has 0 bridgehead atoms. The highest BCUT2D eigenvalue weighted by molar-refractivity contribution is 7.09. The van der Waals surface area contributed by atoms with E-state index in [2.05, 4.69) is 15.6 Å². The van der Waals surface area contributed by atoms with Crippen LogP contribution in [0.4, 0.5) is 4.79 Å². The summed E-state index contributed by atoms with van der Waals surface area (Å²) in [5, 5.41) is 17.2. The van der Waals surface area contributed by atoms with Gasteiger partial charge < -0.3 is 15.7 Å². The Morgan fingerprint density at radius 2 is 2.21 bits per heavy atom. The summed E-state index contributed by atoms with van der Waals surface area (Å²) < 4.78 is 0. The van der Waals surface area contributed by atoms with Gasteiger partial charge in [0.2, 0.25) is 0 Å². The van der Waals surface area contributed by atoms with Gasteiger partial charge in [-0.2, -0.15) is 0 Å². The zero-order valence-electron chi connectivity index (χ0n) is 10.7. The lowest BCUT2D eigenvalue weighted by Gasteiger charge is -2.37. The molecule has 2 amide bonds. The predicted molar refractivity (Wildman–Crippen MR) is 71.0 cm³/mol. The number of thiazole rings is 1. The van der Waals surface area contributed by atoms with Gasteiger partial charge in [-0.3, -0.25) is 4.79 Å². The first-order chi connectivity index (χ1) is 9.02. The van der Waals surface area contributed by atoms with Gasteiger partial charge in [0.25, 0.3) is 0 Å². The van der Waals surface area contributed by atoms with Crippen LogP contribution in [0, 0.1) is 12.3 Å². The molecule has 0 atom stereocenters. The molecule has 1 saturated carbocycles. The monoisotopic (exact) mass is 283 g/mol. The minimum Gasteiger partial charge on any atom is -0.481 e. The molecule has 1 aromatic heterocycles. The normalized spacial score (nSPS) is 16.5. The number of carbonyl (C=O) groups excluding carboxylic acids is 1. The van der Waals surface area contributed by atoms with Crippen LogP contribution in [0.2, 0.25) is 0 Å². The number of aromatic nitrogens is 1. The van der Waals surface area contributed by atoms with Crippen molar-refractivity contribution in [3.63, 3.8) is 0 Å². The van der Waals surface area contributed by atoms with Crippen LogP contribution in [-0.4, -0.2) is 28.6 Å². The SMILES string of the molecule is Cc1csc(CNC(=O)NCC2(C(=O)O)CCC2)n1. The Balaban J connectivity index is 1.74. The van der Waals surface area contributed by atoms with E-state index >= 15 is 0 Å². The Hall–Kier alpha value is -1.63. The minimum atomic E-state index is -0.824. The summed E-state index contributed by atoms with van der Waals surface area (Å²) >= 11 is 1.49. The number of aliphatic carboxylic acids is 1. The van der Waals surface area contributed by atoms with Crippen molar-refractivity contribution in [1.29, 1.82) is 0 Å². The van der Waals surface area contributed by atoms with Crippen LogP contribution in [0.1, 0.15) is 30.0 Å². The fraction of sp³-hybridized carbons (Fsp3) is 0.583. The molecule has 1 fully saturated rings. The molecule has 1 aliphatic rings. The van der Waals surface area contributed by atoms with Gasteiger partial charge in [0.1, 0.15) is 5.01 Å². The molecule has 1 aliphatic carbocycles. The number of aryl methyl sites for hydroxylation is 1. The average molecular weight is 283 g/mol. The summed E-state index contributed by atoms with van der Waals surface area (Å²) in [6.45, 7) is 2.45. The lowest BCUT2D eigenvalue weighted by atomic mass is 9.69. The van der Waals surface area contributed by atoms with E-state index in [9.17, 15) is 9.59 Å². The number of amides is 2. The lowest BCUT2D eigenvalue weighted by molar-refractivity contribution is -0.153. The molecule has 19 heavy (non-hydrogen) atoms. The Labute approximate surface area is 115 Å². The lowest BCUT2D eigenvalue weighted by Crippen LogP contribution is -2.49. The van der Waals surface area contributed by atoms with Crippen LogP contribution in [0.5, 0.6) is 0 Å². The van der Waals surface area contributed by atoms with Crippen LogP contribution >= 0.6 is 11.3 Å². The van der Waals surface area contributed by atoms with Crippen LogP contribution in [0.25, 0.3) is 0 Å². The second-order valence-corrected chi connectivity index (χ2v) is 5.80. The Morgan fingerprint density at radius 3 is 2.68 bits per heavy atom. The molecular formula is C12H17N3O3S. The molecule has 0 aliphatic heterocycles. The molecule has 0 radical (unpaired) electrons. The number of hydrogen-bond donors (Lipinski definition) is 3. The molecule has 0 saturated heterocycles. The van der Waals surface area contributed by atoms with Gasteiger partial charge in [0.05, 0.1) is 12.0 Å². The molecular weight excluding hydrogens is 266 g/mol. The number of carbonyl (C=O) groups is 2. The number of rotatable bonds is 5. The summed E-state index contributed by atoms with van der Waals surface area (Å²) in [6.07, 6.45) is 2.18. The maximum atomic E-state index is 11.6. The number of nitrogens with one attached hydrogen (secondary N) is 2. The van der Waals surface area contributed by atoms with Crippen molar-refractivity contribution in [2.75, 3.05) is 6.54 Å². The molecule has 0 unspecified atom stereocenters. The summed E-state index contributed by atoms with van der Waals surface area (Å²) in [6, 6.07) is -0.347. The zero-order chi connectivity index (χ0) is 13.9. The minimum absolute atomic E-state index is 0.186. The van der Waals surface area contributed by atoms with Gasteiger partial charge in [-0.25, -0.2) is 9.78 Å². The maximum absolute atomic E-state index is 11.6. The van der Waals surface area contributed by atoms with Gasteiger partial charge in [-0.15, -0.1) is 11.3 Å². The summed E-state index contributed by atoms with van der Waals surface area (Å²) in [5.41, 5.74) is 0.177. The average Bonchev–Trinajstić information content (AvgIpc) is 2.70. The van der Waals surface area contributed by atoms with Crippen molar-refractivity contribution < 1.29 is 14.7 Å². The summed E-state index contributed by atoms with van der Waals surface area (Å²) in [4.78, 5) is 26.9. The fourth-order valence-electron chi connectivity index (χ4n) is 2.02. The van der Waals surface area contributed by atoms with Crippen molar-refractivity contribution in [2.24, 2.45) is 5.41 Å². The van der Waals surface area contributed by atoms with Crippen LogP contribution < -0.4 is 10.6 Å². The number of carboxylic acids is 1. The highest BCUT2D eigenvalue weighted by atomic mass is 32.1. The van der Waals surface area contributed by atoms with E-state index in [1.54, 1.807) is 0 Å². The van der Waals surface area contributed by atoms with Crippen LogP contribution in [0.3, 0.4) is 0 Å². The van der Waals surface area contributed by atoms with E-state index in [4.69, 9.17) is 5.11 Å². The summed E-state index contributed by atoms with van der Waals surface area (Å²) in [7, 11) is 0. The van der Waals surface area contributed by atoms with E-state index in [-0.39, 0.29) is 12.6 Å². The number of nitrogens with zero attached hydrogens (tertiary/aromatic N) is 1. The highest BCUT2D eigenvalue weighted by Gasteiger charge is 2.44. The van der Waals surface area contributed by atoms with E-state index in [0.29, 0.717) is 19.4 Å².